The fourth-order valence-corrected chi connectivity index (χ4v) is 7.50. The van der Waals surface area contributed by atoms with Crippen LogP contribution in [0.1, 0.15) is 88.2 Å². The van der Waals surface area contributed by atoms with E-state index in [1.165, 1.54) is 0 Å². The summed E-state index contributed by atoms with van der Waals surface area (Å²) in [5.41, 5.74) is 7.93. The van der Waals surface area contributed by atoms with E-state index < -0.39 is 7.92 Å². The maximum atomic E-state index is 13.9. The van der Waals surface area contributed by atoms with Crippen molar-refractivity contribution in [2.45, 2.75) is 75.7 Å². The molecule has 0 aliphatic rings. The number of hydrogen-bond donors (Lipinski definition) is 0. The van der Waals surface area contributed by atoms with Gasteiger partial charge in [-0.2, -0.15) is 0 Å². The lowest BCUT2D eigenvalue weighted by Crippen LogP contribution is -2.19. The van der Waals surface area contributed by atoms with Crippen LogP contribution in [0.3, 0.4) is 0 Å². The van der Waals surface area contributed by atoms with Crippen LogP contribution < -0.4 is 0 Å². The zero-order chi connectivity index (χ0) is 23.7. The fraction of sp³-hybridized carbons (Fsp3) is 0.500. The second-order valence-corrected chi connectivity index (χ2v) is 12.7. The Morgan fingerprint density at radius 1 is 0.742 bits per heavy atom. The third-order valence-electron chi connectivity index (χ3n) is 5.73. The van der Waals surface area contributed by atoms with Crippen LogP contribution in [0, 0.1) is 52.9 Å². The first-order valence-corrected chi connectivity index (χ1v) is 12.8. The Balaban J connectivity index is 2.56. The lowest BCUT2D eigenvalue weighted by Gasteiger charge is -2.27. The first kappa shape index (κ1) is 25.5. The summed E-state index contributed by atoms with van der Waals surface area (Å²) in [5, 5.41) is 0. The Bertz CT molecular complexity index is 879. The van der Waals surface area contributed by atoms with Crippen LogP contribution in [0.15, 0.2) is 24.3 Å². The maximum absolute atomic E-state index is 13.9. The summed E-state index contributed by atoms with van der Waals surface area (Å²) in [7, 11) is -1.49. The van der Waals surface area contributed by atoms with Crippen molar-refractivity contribution in [3.8, 4) is 0 Å². The van der Waals surface area contributed by atoms with E-state index in [-0.39, 0.29) is 16.5 Å². The highest BCUT2D eigenvalue weighted by Gasteiger charge is 2.33. The van der Waals surface area contributed by atoms with Gasteiger partial charge >= 0.3 is 0 Å². The molecule has 0 heterocycles. The van der Waals surface area contributed by atoms with Crippen LogP contribution in [0.25, 0.3) is 0 Å². The highest BCUT2D eigenvalue weighted by molar-refractivity contribution is 7.90. The molecular weight excluding hydrogens is 399 g/mol. The molecule has 1 atom stereocenters. The third kappa shape index (κ3) is 6.36. The van der Waals surface area contributed by atoms with E-state index in [0.29, 0.717) is 12.1 Å². The average molecular weight is 439 g/mol. The third-order valence-corrected chi connectivity index (χ3v) is 8.14. The van der Waals surface area contributed by atoms with Gasteiger partial charge in [-0.3, -0.25) is 9.59 Å². The minimum atomic E-state index is -1.49. The molecule has 0 aromatic heterocycles. The van der Waals surface area contributed by atoms with E-state index in [4.69, 9.17) is 0 Å². The highest BCUT2D eigenvalue weighted by atomic mass is 31.1. The second-order valence-electron chi connectivity index (χ2n) is 10.6. The molecule has 0 spiro atoms. The SMILES string of the molecule is Cc1cc(C)c(C(=O)P(CC(C)CC(C)(C)C)C(=O)c2c(C)cc(C)cc2C)c(C)c1. The lowest BCUT2D eigenvalue weighted by molar-refractivity contribution is 0.105. The Morgan fingerprint density at radius 2 is 1.06 bits per heavy atom. The van der Waals surface area contributed by atoms with Crippen LogP contribution >= 0.6 is 7.92 Å². The van der Waals surface area contributed by atoms with Gasteiger partial charge in [-0.05, 0) is 87.7 Å². The zero-order valence-electron chi connectivity index (χ0n) is 21.1. The monoisotopic (exact) mass is 438 g/mol. The van der Waals surface area contributed by atoms with Crippen molar-refractivity contribution in [2.24, 2.45) is 11.3 Å². The summed E-state index contributed by atoms with van der Waals surface area (Å²) in [6.07, 6.45) is 1.63. The number of rotatable bonds is 7. The van der Waals surface area contributed by atoms with Crippen molar-refractivity contribution < 1.29 is 9.59 Å². The predicted octanol–water partition coefficient (Wildman–Crippen LogP) is 8.07. The van der Waals surface area contributed by atoms with E-state index in [0.717, 1.165) is 50.9 Å². The standard InChI is InChI=1S/C28H39O2P/c1-17-11-20(4)24(21(5)12-17)26(29)31(16-19(3)15-28(8,9)10)27(30)25-22(6)13-18(2)14-23(25)7/h11-14,19H,15-16H2,1-10H3. The van der Waals surface area contributed by atoms with Gasteiger partial charge in [0, 0.05) is 19.0 Å². The Morgan fingerprint density at radius 3 is 1.35 bits per heavy atom. The molecule has 0 radical (unpaired) electrons. The minimum absolute atomic E-state index is 0.0372. The summed E-state index contributed by atoms with van der Waals surface area (Å²) in [6.45, 7) is 20.9. The molecule has 2 aromatic carbocycles. The molecule has 0 saturated heterocycles. The van der Waals surface area contributed by atoms with E-state index >= 15 is 0 Å². The molecular formula is C28H39O2P. The molecule has 0 fully saturated rings. The molecule has 0 bridgehead atoms. The highest BCUT2D eigenvalue weighted by Crippen LogP contribution is 2.48. The molecule has 2 aromatic rings. The van der Waals surface area contributed by atoms with Gasteiger partial charge in [-0.25, -0.2) is 0 Å². The van der Waals surface area contributed by atoms with Gasteiger partial charge in [0.2, 0.25) is 0 Å². The summed E-state index contributed by atoms with van der Waals surface area (Å²) >= 11 is 0. The smallest absolute Gasteiger partial charge is 0.192 e. The molecule has 0 amide bonds. The largest absolute Gasteiger partial charge is 0.289 e. The number of carbonyl (C=O) groups excluding carboxylic acids is 2. The topological polar surface area (TPSA) is 34.1 Å². The van der Waals surface area contributed by atoms with Gasteiger partial charge in [0.25, 0.3) is 0 Å². The van der Waals surface area contributed by atoms with Crippen LogP contribution in [0.5, 0.6) is 0 Å². The molecule has 168 valence electrons. The Hall–Kier alpha value is -1.79. The predicted molar refractivity (Wildman–Crippen MR) is 135 cm³/mol. The zero-order valence-corrected chi connectivity index (χ0v) is 22.0. The van der Waals surface area contributed by atoms with Gasteiger partial charge in [0.1, 0.15) is 0 Å². The molecule has 3 heteroatoms. The first-order valence-electron chi connectivity index (χ1n) is 11.2. The van der Waals surface area contributed by atoms with Crippen molar-refractivity contribution in [3.63, 3.8) is 0 Å². The molecule has 1 unspecified atom stereocenters. The molecule has 0 aliphatic carbocycles. The van der Waals surface area contributed by atoms with Crippen molar-refractivity contribution in [2.75, 3.05) is 6.16 Å². The quantitative estimate of drug-likeness (QED) is 0.410. The van der Waals surface area contributed by atoms with Gasteiger partial charge in [0.15, 0.2) is 11.0 Å². The number of hydrogen-bond acceptors (Lipinski definition) is 2. The van der Waals surface area contributed by atoms with Crippen LogP contribution in [-0.2, 0) is 0 Å². The summed E-state index contributed by atoms with van der Waals surface area (Å²) in [4.78, 5) is 27.8. The average Bonchev–Trinajstić information content (AvgIpc) is 2.55. The van der Waals surface area contributed by atoms with Crippen LogP contribution in [0.2, 0.25) is 0 Å². The van der Waals surface area contributed by atoms with Crippen molar-refractivity contribution in [3.05, 3.63) is 68.8 Å². The van der Waals surface area contributed by atoms with Crippen molar-refractivity contribution in [1.29, 1.82) is 0 Å². The van der Waals surface area contributed by atoms with E-state index in [1.807, 2.05) is 41.5 Å². The molecule has 0 N–H and O–H groups in total. The molecule has 31 heavy (non-hydrogen) atoms. The molecule has 2 nitrogen and oxygen atoms in total. The lowest BCUT2D eigenvalue weighted by atomic mass is 9.86. The normalized spacial score (nSPS) is 12.9. The Labute approximate surface area is 190 Å². The number of aryl methyl sites for hydroxylation is 6. The number of carbonyl (C=O) groups is 2. The van der Waals surface area contributed by atoms with Crippen LogP contribution in [-0.4, -0.2) is 17.2 Å². The minimum Gasteiger partial charge on any atom is -0.289 e. The van der Waals surface area contributed by atoms with E-state index in [2.05, 4.69) is 52.0 Å². The van der Waals surface area contributed by atoms with Gasteiger partial charge < -0.3 is 0 Å². The van der Waals surface area contributed by atoms with Crippen LogP contribution in [0.4, 0.5) is 0 Å². The van der Waals surface area contributed by atoms with Crippen molar-refractivity contribution in [1.82, 2.24) is 0 Å². The molecule has 0 saturated carbocycles. The second kappa shape index (κ2) is 9.78. The first-order chi connectivity index (χ1) is 14.2. The summed E-state index contributed by atoms with van der Waals surface area (Å²) in [6, 6.07) is 8.22. The van der Waals surface area contributed by atoms with Gasteiger partial charge in [-0.15, -0.1) is 0 Å². The van der Waals surface area contributed by atoms with E-state index in [9.17, 15) is 9.59 Å². The molecule has 0 aliphatic heterocycles. The van der Waals surface area contributed by atoms with Gasteiger partial charge in [0.05, 0.1) is 0 Å². The summed E-state index contributed by atoms with van der Waals surface area (Å²) in [5.74, 6) is 0.302. The maximum Gasteiger partial charge on any atom is 0.192 e. The summed E-state index contributed by atoms with van der Waals surface area (Å²) < 4.78 is 0. The van der Waals surface area contributed by atoms with Gasteiger partial charge in [-0.1, -0.05) is 63.1 Å². The Kier molecular flexibility index (Phi) is 8.04. The van der Waals surface area contributed by atoms with Crippen molar-refractivity contribution >= 4 is 19.0 Å². The number of benzene rings is 2. The van der Waals surface area contributed by atoms with E-state index in [1.54, 1.807) is 0 Å². The molecule has 2 rings (SSSR count). The fourth-order valence-electron chi connectivity index (χ4n) is 4.98.